The van der Waals surface area contributed by atoms with E-state index in [0.29, 0.717) is 17.1 Å². The van der Waals surface area contributed by atoms with Crippen LogP contribution in [0.15, 0.2) is 60.9 Å². The van der Waals surface area contributed by atoms with Crippen molar-refractivity contribution in [3.8, 4) is 16.9 Å². The SMILES string of the molecule is COc1cnc2ccc([C@H](C)c3nnc4c(F)cc(-c5cc(F)cc(F)c5)cn34)cc2c1. The molecule has 0 bridgehead atoms. The molecule has 160 valence electrons. The fourth-order valence-corrected chi connectivity index (χ4v) is 3.80. The minimum atomic E-state index is -0.738. The van der Waals surface area contributed by atoms with E-state index in [4.69, 9.17) is 4.74 Å². The molecular formula is C24H17F3N4O. The smallest absolute Gasteiger partial charge is 0.196 e. The molecule has 0 amide bonds. The van der Waals surface area contributed by atoms with Crippen LogP contribution in [0.25, 0.3) is 27.7 Å². The molecule has 0 saturated carbocycles. The minimum absolute atomic E-state index is 0.0385. The molecule has 0 aliphatic rings. The Morgan fingerprint density at radius 1 is 0.906 bits per heavy atom. The number of halogens is 3. The molecular weight excluding hydrogens is 417 g/mol. The summed E-state index contributed by atoms with van der Waals surface area (Å²) in [6.45, 7) is 1.93. The topological polar surface area (TPSA) is 52.3 Å². The Hall–Kier alpha value is -3.94. The van der Waals surface area contributed by atoms with Crippen LogP contribution in [0.5, 0.6) is 5.75 Å². The summed E-state index contributed by atoms with van der Waals surface area (Å²) in [5.74, 6) is -1.22. The maximum Gasteiger partial charge on any atom is 0.196 e. The van der Waals surface area contributed by atoms with Gasteiger partial charge in [-0.15, -0.1) is 10.2 Å². The summed E-state index contributed by atoms with van der Waals surface area (Å²) in [5.41, 5.74) is 2.31. The van der Waals surface area contributed by atoms with Crippen molar-refractivity contribution in [1.82, 2.24) is 19.6 Å². The van der Waals surface area contributed by atoms with Crippen molar-refractivity contribution >= 4 is 16.6 Å². The van der Waals surface area contributed by atoms with Crippen molar-refractivity contribution in [3.05, 3.63) is 89.8 Å². The average Bonchev–Trinajstić information content (AvgIpc) is 3.21. The predicted molar refractivity (Wildman–Crippen MR) is 114 cm³/mol. The van der Waals surface area contributed by atoms with Gasteiger partial charge in [0.2, 0.25) is 0 Å². The number of hydrogen-bond acceptors (Lipinski definition) is 4. The third-order valence-corrected chi connectivity index (χ3v) is 5.49. The first-order valence-electron chi connectivity index (χ1n) is 9.87. The molecule has 5 rings (SSSR count). The van der Waals surface area contributed by atoms with Gasteiger partial charge in [0.15, 0.2) is 11.5 Å². The number of fused-ring (bicyclic) bond motifs is 2. The molecule has 0 aliphatic carbocycles. The number of hydrogen-bond donors (Lipinski definition) is 0. The Balaban J connectivity index is 1.62. The highest BCUT2D eigenvalue weighted by molar-refractivity contribution is 5.80. The normalized spacial score (nSPS) is 12.4. The van der Waals surface area contributed by atoms with E-state index in [0.717, 1.165) is 34.7 Å². The monoisotopic (exact) mass is 434 g/mol. The Bertz CT molecular complexity index is 1460. The molecule has 0 spiro atoms. The van der Waals surface area contributed by atoms with Crippen LogP contribution in [-0.2, 0) is 0 Å². The molecule has 2 aromatic carbocycles. The van der Waals surface area contributed by atoms with Crippen LogP contribution in [0.3, 0.4) is 0 Å². The second-order valence-corrected chi connectivity index (χ2v) is 7.54. The van der Waals surface area contributed by atoms with Crippen molar-refractivity contribution in [2.24, 2.45) is 0 Å². The molecule has 5 nitrogen and oxygen atoms in total. The highest BCUT2D eigenvalue weighted by atomic mass is 19.1. The van der Waals surface area contributed by atoms with Gasteiger partial charge in [0.25, 0.3) is 0 Å². The van der Waals surface area contributed by atoms with Gasteiger partial charge in [-0.3, -0.25) is 9.38 Å². The zero-order valence-electron chi connectivity index (χ0n) is 17.2. The molecule has 8 heteroatoms. The van der Waals surface area contributed by atoms with Crippen molar-refractivity contribution in [1.29, 1.82) is 0 Å². The summed E-state index contributed by atoms with van der Waals surface area (Å²) in [6.07, 6.45) is 3.24. The summed E-state index contributed by atoms with van der Waals surface area (Å²) < 4.78 is 48.9. The first kappa shape index (κ1) is 20.0. The number of aromatic nitrogens is 4. The van der Waals surface area contributed by atoms with Crippen molar-refractivity contribution < 1.29 is 17.9 Å². The number of pyridine rings is 2. The molecule has 0 unspecified atom stereocenters. The fourth-order valence-electron chi connectivity index (χ4n) is 3.80. The van der Waals surface area contributed by atoms with Gasteiger partial charge in [0, 0.05) is 29.1 Å². The lowest BCUT2D eigenvalue weighted by atomic mass is 9.98. The van der Waals surface area contributed by atoms with E-state index >= 15 is 0 Å². The largest absolute Gasteiger partial charge is 0.495 e. The second-order valence-electron chi connectivity index (χ2n) is 7.54. The van der Waals surface area contributed by atoms with E-state index in [2.05, 4.69) is 15.2 Å². The number of ether oxygens (including phenoxy) is 1. The maximum atomic E-state index is 14.8. The van der Waals surface area contributed by atoms with Gasteiger partial charge < -0.3 is 4.74 Å². The van der Waals surface area contributed by atoms with Crippen LogP contribution in [0, 0.1) is 17.5 Å². The minimum Gasteiger partial charge on any atom is -0.495 e. The highest BCUT2D eigenvalue weighted by Crippen LogP contribution is 2.30. The Morgan fingerprint density at radius 2 is 1.69 bits per heavy atom. The second kappa shape index (κ2) is 7.64. The molecule has 3 aromatic heterocycles. The van der Waals surface area contributed by atoms with Crippen molar-refractivity contribution in [2.45, 2.75) is 12.8 Å². The Labute approximate surface area is 181 Å². The lowest BCUT2D eigenvalue weighted by Gasteiger charge is -2.13. The van der Waals surface area contributed by atoms with E-state index in [-0.39, 0.29) is 17.1 Å². The summed E-state index contributed by atoms with van der Waals surface area (Å²) in [7, 11) is 1.58. The third kappa shape index (κ3) is 3.43. The summed E-state index contributed by atoms with van der Waals surface area (Å²) in [5, 5.41) is 9.08. The summed E-state index contributed by atoms with van der Waals surface area (Å²) in [6, 6.07) is 12.0. The third-order valence-electron chi connectivity index (χ3n) is 5.49. The van der Waals surface area contributed by atoms with E-state index in [1.165, 1.54) is 10.5 Å². The number of benzene rings is 2. The van der Waals surface area contributed by atoms with Crippen LogP contribution < -0.4 is 4.74 Å². The lowest BCUT2D eigenvalue weighted by molar-refractivity contribution is 0.414. The average molecular weight is 434 g/mol. The zero-order valence-corrected chi connectivity index (χ0v) is 17.2. The number of nitrogens with zero attached hydrogens (tertiary/aromatic N) is 4. The summed E-state index contributed by atoms with van der Waals surface area (Å²) in [4.78, 5) is 4.37. The summed E-state index contributed by atoms with van der Waals surface area (Å²) >= 11 is 0. The molecule has 3 heterocycles. The lowest BCUT2D eigenvalue weighted by Crippen LogP contribution is -2.04. The van der Waals surface area contributed by atoms with Crippen LogP contribution in [-0.4, -0.2) is 26.7 Å². The van der Waals surface area contributed by atoms with Crippen molar-refractivity contribution in [3.63, 3.8) is 0 Å². The molecule has 0 aliphatic heterocycles. The number of methoxy groups -OCH3 is 1. The fraction of sp³-hybridized carbons (Fsp3) is 0.125. The number of rotatable bonds is 4. The molecule has 0 N–H and O–H groups in total. The van der Waals surface area contributed by atoms with Gasteiger partial charge in [-0.25, -0.2) is 13.2 Å². The van der Waals surface area contributed by atoms with Crippen LogP contribution >= 0.6 is 0 Å². The van der Waals surface area contributed by atoms with Gasteiger partial charge in [-0.05, 0) is 47.5 Å². The van der Waals surface area contributed by atoms with Crippen molar-refractivity contribution in [2.75, 3.05) is 7.11 Å². The van der Waals surface area contributed by atoms with Gasteiger partial charge in [-0.1, -0.05) is 13.0 Å². The standard InChI is InChI=1S/C24H17F3N4O/c1-13(14-3-4-22-16(5-14)8-20(32-2)11-28-22)23-29-30-24-21(27)9-17(12-31(23)24)15-6-18(25)10-19(26)7-15/h3-13H,1-2H3/t13-/m0/s1. The molecule has 0 fully saturated rings. The van der Waals surface area contributed by atoms with E-state index in [1.807, 2.05) is 31.2 Å². The van der Waals surface area contributed by atoms with Gasteiger partial charge in [0.1, 0.15) is 23.2 Å². The van der Waals surface area contributed by atoms with Crippen LogP contribution in [0.2, 0.25) is 0 Å². The first-order chi connectivity index (χ1) is 15.4. The molecule has 32 heavy (non-hydrogen) atoms. The predicted octanol–water partition coefficient (Wildman–Crippen LogP) is 5.52. The highest BCUT2D eigenvalue weighted by Gasteiger charge is 2.19. The quantitative estimate of drug-likeness (QED) is 0.374. The Kier molecular flexibility index (Phi) is 4.77. The molecule has 0 saturated heterocycles. The van der Waals surface area contributed by atoms with Crippen LogP contribution in [0.1, 0.15) is 24.2 Å². The molecule has 0 radical (unpaired) electrons. The molecule has 5 aromatic rings. The Morgan fingerprint density at radius 3 is 2.44 bits per heavy atom. The van der Waals surface area contributed by atoms with E-state index in [1.54, 1.807) is 19.5 Å². The zero-order chi connectivity index (χ0) is 22.4. The molecule has 1 atom stereocenters. The van der Waals surface area contributed by atoms with E-state index in [9.17, 15) is 13.2 Å². The van der Waals surface area contributed by atoms with Crippen LogP contribution in [0.4, 0.5) is 13.2 Å². The van der Waals surface area contributed by atoms with E-state index < -0.39 is 17.5 Å². The first-order valence-corrected chi connectivity index (χ1v) is 9.87. The van der Waals surface area contributed by atoms with Gasteiger partial charge >= 0.3 is 0 Å². The maximum absolute atomic E-state index is 14.8. The van der Waals surface area contributed by atoms with Gasteiger partial charge in [-0.2, -0.15) is 0 Å². The van der Waals surface area contributed by atoms with Gasteiger partial charge in [0.05, 0.1) is 18.8 Å².